The molecule has 1 atom stereocenters. The average molecular weight is 347 g/mol. The molecule has 0 spiro atoms. The molecule has 0 radical (unpaired) electrons. The second-order valence-corrected chi connectivity index (χ2v) is 5.79. The molecule has 3 heterocycles. The molecule has 1 unspecified atom stereocenters. The van der Waals surface area contributed by atoms with E-state index in [0.29, 0.717) is 6.54 Å². The molecule has 5 nitrogen and oxygen atoms in total. The van der Waals surface area contributed by atoms with Gasteiger partial charge in [0.25, 0.3) is 0 Å². The summed E-state index contributed by atoms with van der Waals surface area (Å²) in [5, 5.41) is 11.0. The molecule has 25 heavy (non-hydrogen) atoms. The SMILES string of the molecule is CC.CC.CCc1nc(C)cc2nc(C)nc(N3CCCC(O)C3)c12. The number of anilines is 1. The molecular formula is C20H34N4O. The third-order valence-electron chi connectivity index (χ3n) is 4.01. The predicted octanol–water partition coefficient (Wildman–Crippen LogP) is 4.22. The Hall–Kier alpha value is -1.75. The molecule has 2 aromatic rings. The van der Waals surface area contributed by atoms with Crippen LogP contribution in [0.3, 0.4) is 0 Å². The molecule has 0 amide bonds. The molecule has 2 aromatic heterocycles. The van der Waals surface area contributed by atoms with Gasteiger partial charge in [0.15, 0.2) is 0 Å². The van der Waals surface area contributed by atoms with E-state index in [1.165, 1.54) is 0 Å². The smallest absolute Gasteiger partial charge is 0.142 e. The summed E-state index contributed by atoms with van der Waals surface area (Å²) in [6, 6.07) is 2.02. The molecule has 5 heteroatoms. The number of aliphatic hydroxyl groups is 1. The van der Waals surface area contributed by atoms with E-state index in [1.54, 1.807) is 0 Å². The van der Waals surface area contributed by atoms with Gasteiger partial charge in [0.2, 0.25) is 0 Å². The Balaban J connectivity index is 0.000000730. The monoisotopic (exact) mass is 346 g/mol. The maximum atomic E-state index is 9.95. The zero-order valence-electron chi connectivity index (χ0n) is 16.9. The van der Waals surface area contributed by atoms with Crippen LogP contribution in [-0.2, 0) is 6.42 Å². The number of rotatable bonds is 2. The highest BCUT2D eigenvalue weighted by Gasteiger charge is 2.22. The summed E-state index contributed by atoms with van der Waals surface area (Å²) >= 11 is 0. The third-order valence-corrected chi connectivity index (χ3v) is 4.01. The van der Waals surface area contributed by atoms with Gasteiger partial charge < -0.3 is 10.0 Å². The number of hydrogen-bond donors (Lipinski definition) is 1. The lowest BCUT2D eigenvalue weighted by atomic mass is 10.1. The predicted molar refractivity (Wildman–Crippen MR) is 106 cm³/mol. The Morgan fingerprint density at radius 1 is 1.12 bits per heavy atom. The quantitative estimate of drug-likeness (QED) is 0.882. The molecule has 140 valence electrons. The van der Waals surface area contributed by atoms with Crippen molar-refractivity contribution in [3.05, 3.63) is 23.3 Å². The van der Waals surface area contributed by atoms with Crippen molar-refractivity contribution in [3.8, 4) is 0 Å². The summed E-state index contributed by atoms with van der Waals surface area (Å²) < 4.78 is 0. The lowest BCUT2D eigenvalue weighted by Crippen LogP contribution is -2.39. The molecule has 0 aromatic carbocycles. The lowest BCUT2D eigenvalue weighted by Gasteiger charge is -2.32. The Morgan fingerprint density at radius 2 is 1.80 bits per heavy atom. The second kappa shape index (κ2) is 10.3. The van der Waals surface area contributed by atoms with E-state index in [-0.39, 0.29) is 6.10 Å². The van der Waals surface area contributed by atoms with E-state index in [0.717, 1.165) is 59.7 Å². The van der Waals surface area contributed by atoms with Crippen LogP contribution in [0.2, 0.25) is 0 Å². The van der Waals surface area contributed by atoms with Gasteiger partial charge in [-0.05, 0) is 39.2 Å². The van der Waals surface area contributed by atoms with Crippen LogP contribution in [0.4, 0.5) is 5.82 Å². The van der Waals surface area contributed by atoms with Gasteiger partial charge >= 0.3 is 0 Å². The Kier molecular flexibility index (Phi) is 8.76. The topological polar surface area (TPSA) is 62.1 Å². The first-order valence-electron chi connectivity index (χ1n) is 9.66. The van der Waals surface area contributed by atoms with E-state index in [2.05, 4.69) is 26.8 Å². The van der Waals surface area contributed by atoms with E-state index < -0.39 is 0 Å². The van der Waals surface area contributed by atoms with E-state index in [1.807, 2.05) is 47.6 Å². The van der Waals surface area contributed by atoms with Crippen molar-refractivity contribution in [1.29, 1.82) is 0 Å². The van der Waals surface area contributed by atoms with Crippen molar-refractivity contribution in [2.24, 2.45) is 0 Å². The normalized spacial score (nSPS) is 16.6. The standard InChI is InChI=1S/C16H22N4O.2C2H6/c1-4-13-15-14(8-10(2)17-13)18-11(3)19-16(15)20-7-5-6-12(21)9-20;2*1-2/h8,12,21H,4-7,9H2,1-3H3;2*1-2H3. The Bertz CT molecular complexity index is 667. The molecule has 1 saturated heterocycles. The number of pyridine rings is 1. The van der Waals surface area contributed by atoms with Gasteiger partial charge in [-0.2, -0.15) is 0 Å². The summed E-state index contributed by atoms with van der Waals surface area (Å²) in [5.74, 6) is 1.70. The van der Waals surface area contributed by atoms with Gasteiger partial charge in [0, 0.05) is 18.8 Å². The van der Waals surface area contributed by atoms with Crippen molar-refractivity contribution in [3.63, 3.8) is 0 Å². The molecule has 1 N–H and O–H groups in total. The van der Waals surface area contributed by atoms with Crippen molar-refractivity contribution in [2.75, 3.05) is 18.0 Å². The van der Waals surface area contributed by atoms with Crippen LogP contribution in [0.5, 0.6) is 0 Å². The van der Waals surface area contributed by atoms with Gasteiger partial charge in [0.1, 0.15) is 11.6 Å². The molecule has 1 aliphatic heterocycles. The van der Waals surface area contributed by atoms with E-state index >= 15 is 0 Å². The zero-order valence-corrected chi connectivity index (χ0v) is 16.9. The molecule has 0 saturated carbocycles. The maximum absolute atomic E-state index is 9.95. The zero-order chi connectivity index (χ0) is 19.0. The minimum atomic E-state index is -0.271. The third kappa shape index (κ3) is 5.11. The minimum absolute atomic E-state index is 0.271. The Morgan fingerprint density at radius 3 is 2.40 bits per heavy atom. The van der Waals surface area contributed by atoms with Gasteiger partial charge in [0.05, 0.1) is 22.7 Å². The fourth-order valence-corrected chi connectivity index (χ4v) is 3.09. The first-order valence-corrected chi connectivity index (χ1v) is 9.66. The number of fused-ring (bicyclic) bond motifs is 1. The highest BCUT2D eigenvalue weighted by atomic mass is 16.3. The largest absolute Gasteiger partial charge is 0.391 e. The molecule has 1 aliphatic rings. The summed E-state index contributed by atoms with van der Waals surface area (Å²) in [6.07, 6.45) is 2.45. The summed E-state index contributed by atoms with van der Waals surface area (Å²) in [6.45, 7) is 15.6. The second-order valence-electron chi connectivity index (χ2n) is 5.79. The number of aromatic nitrogens is 3. The van der Waals surface area contributed by atoms with Crippen molar-refractivity contribution >= 4 is 16.7 Å². The van der Waals surface area contributed by atoms with Crippen LogP contribution in [-0.4, -0.2) is 39.3 Å². The first kappa shape index (κ1) is 21.3. The number of nitrogens with zero attached hydrogens (tertiary/aromatic N) is 4. The van der Waals surface area contributed by atoms with Crippen LogP contribution in [0.15, 0.2) is 6.07 Å². The van der Waals surface area contributed by atoms with Crippen molar-refractivity contribution in [1.82, 2.24) is 15.0 Å². The van der Waals surface area contributed by atoms with Crippen LogP contribution in [0.25, 0.3) is 10.9 Å². The number of hydrogen-bond acceptors (Lipinski definition) is 5. The summed E-state index contributed by atoms with van der Waals surface area (Å²) in [5.41, 5.74) is 2.99. The van der Waals surface area contributed by atoms with Gasteiger partial charge in [-0.1, -0.05) is 34.6 Å². The minimum Gasteiger partial charge on any atom is -0.391 e. The molecular weight excluding hydrogens is 312 g/mol. The average Bonchev–Trinajstić information content (AvgIpc) is 2.63. The fourth-order valence-electron chi connectivity index (χ4n) is 3.09. The van der Waals surface area contributed by atoms with Gasteiger partial charge in [-0.3, -0.25) is 4.98 Å². The number of piperidine rings is 1. The van der Waals surface area contributed by atoms with Crippen LogP contribution in [0.1, 0.15) is 64.7 Å². The number of β-amino-alcohol motifs (C(OH)–C–C–N with tert-alkyl or cyclic N) is 1. The first-order chi connectivity index (χ1) is 12.1. The fraction of sp³-hybridized carbons (Fsp3) is 0.650. The molecule has 3 rings (SSSR count). The molecule has 0 aliphatic carbocycles. The van der Waals surface area contributed by atoms with Crippen molar-refractivity contribution in [2.45, 2.75) is 73.8 Å². The van der Waals surface area contributed by atoms with Crippen LogP contribution < -0.4 is 4.90 Å². The number of aryl methyl sites for hydroxylation is 3. The molecule has 0 bridgehead atoms. The van der Waals surface area contributed by atoms with Gasteiger partial charge in [-0.25, -0.2) is 9.97 Å². The van der Waals surface area contributed by atoms with E-state index in [9.17, 15) is 5.11 Å². The van der Waals surface area contributed by atoms with Gasteiger partial charge in [-0.15, -0.1) is 0 Å². The summed E-state index contributed by atoms with van der Waals surface area (Å²) in [7, 11) is 0. The highest BCUT2D eigenvalue weighted by Crippen LogP contribution is 2.29. The lowest BCUT2D eigenvalue weighted by molar-refractivity contribution is 0.154. The van der Waals surface area contributed by atoms with Crippen molar-refractivity contribution < 1.29 is 5.11 Å². The molecule has 1 fully saturated rings. The number of aliphatic hydroxyl groups excluding tert-OH is 1. The van der Waals surface area contributed by atoms with Crippen LogP contribution in [0, 0.1) is 13.8 Å². The summed E-state index contributed by atoms with van der Waals surface area (Å²) in [4.78, 5) is 16.1. The maximum Gasteiger partial charge on any atom is 0.142 e. The van der Waals surface area contributed by atoms with E-state index in [4.69, 9.17) is 0 Å². The van der Waals surface area contributed by atoms with Crippen LogP contribution >= 0.6 is 0 Å². The highest BCUT2D eigenvalue weighted by molar-refractivity contribution is 5.92. The Labute approximate surface area is 152 Å².